The van der Waals surface area contributed by atoms with Gasteiger partial charge in [-0.25, -0.2) is 0 Å². The van der Waals surface area contributed by atoms with Gasteiger partial charge < -0.3 is 14.1 Å². The summed E-state index contributed by atoms with van der Waals surface area (Å²) in [6.45, 7) is 8.09. The molecule has 1 saturated heterocycles. The van der Waals surface area contributed by atoms with Crippen LogP contribution in [0.4, 0.5) is 6.01 Å². The number of ether oxygens (including phenoxy) is 1. The van der Waals surface area contributed by atoms with E-state index in [4.69, 9.17) is 25.7 Å². The number of nitrogens with zero attached hydrogens (tertiary/aromatic N) is 3. The summed E-state index contributed by atoms with van der Waals surface area (Å²) >= 11 is 6.11. The number of hydrogen-bond acceptors (Lipinski definition) is 6. The number of oxazole rings is 1. The van der Waals surface area contributed by atoms with Gasteiger partial charge in [0.25, 0.3) is 6.01 Å². The summed E-state index contributed by atoms with van der Waals surface area (Å²) in [7, 11) is 0. The average Bonchev–Trinajstić information content (AvgIpc) is 3.15. The molecule has 1 fully saturated rings. The molecule has 0 amide bonds. The van der Waals surface area contributed by atoms with Gasteiger partial charge in [-0.1, -0.05) is 37.6 Å². The Bertz CT molecular complexity index is 1040. The number of aldehydes is 1. The molecule has 6 nitrogen and oxygen atoms in total. The topological polar surface area (TPSA) is 58.8 Å². The molecule has 164 valence electrons. The van der Waals surface area contributed by atoms with Gasteiger partial charge in [0, 0.05) is 43.3 Å². The molecule has 31 heavy (non-hydrogen) atoms. The standard InChI is InChI=1S/C24H28ClN3O3/c1-17(2)12-20-16-27(15-18-4-3-5-21(13-18)30-11-10-29)8-9-28(20)24-26-22-7-6-19(25)14-23(22)31-24/h3-7,10,13-14,17,20H,8-9,11-12,15-16H2,1-2H3/t20-/m1/s1. The zero-order chi connectivity index (χ0) is 21.8. The zero-order valence-electron chi connectivity index (χ0n) is 18.0. The number of aromatic nitrogens is 1. The lowest BCUT2D eigenvalue weighted by Gasteiger charge is -2.41. The van der Waals surface area contributed by atoms with E-state index in [0.717, 1.165) is 55.7 Å². The molecule has 0 spiro atoms. The number of hydrogen-bond donors (Lipinski definition) is 0. The second-order valence-corrected chi connectivity index (χ2v) is 8.88. The molecular weight excluding hydrogens is 414 g/mol. The monoisotopic (exact) mass is 441 g/mol. The zero-order valence-corrected chi connectivity index (χ0v) is 18.7. The number of halogens is 1. The Morgan fingerprint density at radius 1 is 1.26 bits per heavy atom. The van der Waals surface area contributed by atoms with Crippen LogP contribution in [0.15, 0.2) is 46.9 Å². The third-order valence-electron chi connectivity index (χ3n) is 5.52. The van der Waals surface area contributed by atoms with Crippen LogP contribution in [0.25, 0.3) is 11.1 Å². The Morgan fingerprint density at radius 2 is 2.13 bits per heavy atom. The second-order valence-electron chi connectivity index (χ2n) is 8.45. The molecule has 2 aromatic carbocycles. The van der Waals surface area contributed by atoms with Crippen LogP contribution in [-0.4, -0.2) is 48.5 Å². The highest BCUT2D eigenvalue weighted by molar-refractivity contribution is 6.31. The molecule has 0 aliphatic carbocycles. The van der Waals surface area contributed by atoms with E-state index in [1.54, 1.807) is 0 Å². The maximum atomic E-state index is 10.6. The van der Waals surface area contributed by atoms with Gasteiger partial charge in [-0.2, -0.15) is 4.98 Å². The second kappa shape index (κ2) is 9.71. The van der Waals surface area contributed by atoms with Crippen molar-refractivity contribution >= 4 is 35.0 Å². The van der Waals surface area contributed by atoms with Gasteiger partial charge in [-0.15, -0.1) is 0 Å². The number of anilines is 1. The van der Waals surface area contributed by atoms with E-state index < -0.39 is 0 Å². The molecule has 0 bridgehead atoms. The molecule has 1 aromatic heterocycles. The smallest absolute Gasteiger partial charge is 0.298 e. The van der Waals surface area contributed by atoms with E-state index in [2.05, 4.69) is 29.7 Å². The fraction of sp³-hybridized carbons (Fsp3) is 0.417. The van der Waals surface area contributed by atoms with Gasteiger partial charge in [0.2, 0.25) is 0 Å². The summed E-state index contributed by atoms with van der Waals surface area (Å²) < 4.78 is 11.5. The minimum Gasteiger partial charge on any atom is -0.486 e. The molecule has 1 aliphatic rings. The maximum Gasteiger partial charge on any atom is 0.298 e. The first kappa shape index (κ1) is 21.7. The lowest BCUT2D eigenvalue weighted by atomic mass is 10.00. The van der Waals surface area contributed by atoms with Crippen molar-refractivity contribution in [2.75, 3.05) is 31.1 Å². The van der Waals surface area contributed by atoms with Crippen molar-refractivity contribution in [1.82, 2.24) is 9.88 Å². The molecular formula is C24H28ClN3O3. The van der Waals surface area contributed by atoms with Gasteiger partial charge in [0.15, 0.2) is 11.9 Å². The van der Waals surface area contributed by atoms with Crippen LogP contribution in [0.3, 0.4) is 0 Å². The lowest BCUT2D eigenvalue weighted by Crippen LogP contribution is -2.53. The molecule has 0 N–H and O–H groups in total. The van der Waals surface area contributed by atoms with Crippen LogP contribution in [0.2, 0.25) is 5.02 Å². The average molecular weight is 442 g/mol. The van der Waals surface area contributed by atoms with Crippen LogP contribution >= 0.6 is 11.6 Å². The van der Waals surface area contributed by atoms with E-state index in [9.17, 15) is 4.79 Å². The van der Waals surface area contributed by atoms with Crippen molar-refractivity contribution in [1.29, 1.82) is 0 Å². The van der Waals surface area contributed by atoms with Gasteiger partial charge >= 0.3 is 0 Å². The van der Waals surface area contributed by atoms with E-state index in [1.165, 1.54) is 5.56 Å². The van der Waals surface area contributed by atoms with Gasteiger partial charge in [0.05, 0.1) is 0 Å². The molecule has 0 saturated carbocycles. The summed E-state index contributed by atoms with van der Waals surface area (Å²) in [6, 6.07) is 14.5. The number of carbonyl (C=O) groups is 1. The van der Waals surface area contributed by atoms with Crippen LogP contribution < -0.4 is 9.64 Å². The Labute approximate surface area is 187 Å². The van der Waals surface area contributed by atoms with E-state index in [1.807, 2.05) is 36.4 Å². The Kier molecular flexibility index (Phi) is 6.78. The highest BCUT2D eigenvalue weighted by Crippen LogP contribution is 2.29. The van der Waals surface area contributed by atoms with Crippen molar-refractivity contribution in [3.8, 4) is 5.75 Å². The fourth-order valence-electron chi connectivity index (χ4n) is 4.19. The SMILES string of the molecule is CC(C)C[C@@H]1CN(Cc2cccc(OCC=O)c2)CCN1c1nc2ccc(Cl)cc2o1. The molecule has 0 unspecified atom stereocenters. The largest absolute Gasteiger partial charge is 0.486 e. The number of fused-ring (bicyclic) bond motifs is 1. The molecule has 0 radical (unpaired) electrons. The summed E-state index contributed by atoms with van der Waals surface area (Å²) in [5.74, 6) is 1.29. The van der Waals surface area contributed by atoms with E-state index in [0.29, 0.717) is 23.0 Å². The first-order chi connectivity index (χ1) is 15.0. The van der Waals surface area contributed by atoms with Crippen LogP contribution in [-0.2, 0) is 11.3 Å². The highest BCUT2D eigenvalue weighted by atomic mass is 35.5. The molecule has 3 aromatic rings. The Balaban J connectivity index is 1.49. The predicted molar refractivity (Wildman–Crippen MR) is 123 cm³/mol. The fourth-order valence-corrected chi connectivity index (χ4v) is 4.35. The predicted octanol–water partition coefficient (Wildman–Crippen LogP) is 4.80. The summed E-state index contributed by atoms with van der Waals surface area (Å²) in [5, 5.41) is 0.651. The van der Waals surface area contributed by atoms with Gasteiger partial charge in [0.1, 0.15) is 17.9 Å². The third kappa shape index (κ3) is 5.38. The first-order valence-electron chi connectivity index (χ1n) is 10.7. The van der Waals surface area contributed by atoms with Crippen molar-refractivity contribution < 1.29 is 13.9 Å². The van der Waals surface area contributed by atoms with Crippen molar-refractivity contribution in [2.24, 2.45) is 5.92 Å². The molecule has 1 atom stereocenters. The van der Waals surface area contributed by atoms with E-state index >= 15 is 0 Å². The molecule has 4 rings (SSSR count). The number of benzene rings is 2. The van der Waals surface area contributed by atoms with Crippen LogP contribution in [0, 0.1) is 5.92 Å². The number of piperazine rings is 1. The van der Waals surface area contributed by atoms with Crippen LogP contribution in [0.1, 0.15) is 25.8 Å². The Morgan fingerprint density at radius 3 is 2.94 bits per heavy atom. The van der Waals surface area contributed by atoms with Gasteiger partial charge in [-0.3, -0.25) is 9.69 Å². The van der Waals surface area contributed by atoms with E-state index in [-0.39, 0.29) is 6.61 Å². The number of carbonyl (C=O) groups excluding carboxylic acids is 1. The molecule has 7 heteroatoms. The third-order valence-corrected chi connectivity index (χ3v) is 5.75. The quantitative estimate of drug-likeness (QED) is 0.468. The normalized spacial score (nSPS) is 17.4. The lowest BCUT2D eigenvalue weighted by molar-refractivity contribution is -0.109. The van der Waals surface area contributed by atoms with Crippen LogP contribution in [0.5, 0.6) is 5.75 Å². The highest BCUT2D eigenvalue weighted by Gasteiger charge is 2.30. The Hall–Kier alpha value is -2.57. The summed E-state index contributed by atoms with van der Waals surface area (Å²) in [4.78, 5) is 20.0. The molecule has 1 aliphatic heterocycles. The summed E-state index contributed by atoms with van der Waals surface area (Å²) in [6.07, 6.45) is 1.82. The van der Waals surface area contributed by atoms with Crippen molar-refractivity contribution in [3.05, 3.63) is 53.1 Å². The first-order valence-corrected chi connectivity index (χ1v) is 11.1. The molecule has 2 heterocycles. The summed E-state index contributed by atoms with van der Waals surface area (Å²) in [5.41, 5.74) is 2.73. The minimum absolute atomic E-state index is 0.0777. The van der Waals surface area contributed by atoms with Crippen molar-refractivity contribution in [3.63, 3.8) is 0 Å². The maximum absolute atomic E-state index is 10.6. The van der Waals surface area contributed by atoms with Crippen molar-refractivity contribution in [2.45, 2.75) is 32.9 Å². The number of rotatable bonds is 8. The van der Waals surface area contributed by atoms with Gasteiger partial charge in [-0.05, 0) is 42.2 Å². The minimum atomic E-state index is 0.0777.